The van der Waals surface area contributed by atoms with E-state index in [1.165, 1.54) is 0 Å². The van der Waals surface area contributed by atoms with Gasteiger partial charge >= 0.3 is 0 Å². The Morgan fingerprint density at radius 3 is 2.58 bits per heavy atom. The van der Waals surface area contributed by atoms with Crippen LogP contribution in [0.1, 0.15) is 5.69 Å². The first-order valence-corrected chi connectivity index (χ1v) is 3.06. The predicted molar refractivity (Wildman–Crippen MR) is 52.6 cm³/mol. The molecule has 0 bridgehead atoms. The Bertz CT molecular complexity index is 364. The topological polar surface area (TPSA) is 48.2 Å². The zero-order chi connectivity index (χ0) is 7.14. The van der Waals surface area contributed by atoms with Crippen LogP contribution in [-0.4, -0.2) is 14.3 Å². The zero-order valence-corrected chi connectivity index (χ0v) is 8.10. The summed E-state index contributed by atoms with van der Waals surface area (Å²) in [5, 5.41) is 4.15. The molecular weight excluding hydrogens is 199 g/mol. The summed E-state index contributed by atoms with van der Waals surface area (Å²) in [5.74, 6) is 5.55. The minimum absolute atomic E-state index is 0. The molecule has 4 nitrogen and oxygen atoms in total. The molecule has 2 heterocycles. The molecule has 0 radical (unpaired) electrons. The van der Waals surface area contributed by atoms with Gasteiger partial charge in [-0.25, -0.2) is 4.52 Å². The molecule has 0 aliphatic carbocycles. The van der Waals surface area contributed by atoms with Gasteiger partial charge in [-0.3, -0.25) is 4.68 Å². The van der Waals surface area contributed by atoms with Crippen LogP contribution in [0.25, 0.3) is 5.65 Å². The maximum atomic E-state index is 5.55. The van der Waals surface area contributed by atoms with Gasteiger partial charge in [0.25, 0.3) is 0 Å². The van der Waals surface area contributed by atoms with Crippen LogP contribution in [0.15, 0.2) is 18.5 Å². The van der Waals surface area contributed by atoms with Crippen LogP contribution in [-0.2, 0) is 0 Å². The summed E-state index contributed by atoms with van der Waals surface area (Å²) >= 11 is 0. The highest BCUT2D eigenvalue weighted by Gasteiger charge is 1.98. The number of nitrogen functional groups attached to an aromatic ring is 1. The molecule has 2 rings (SSSR count). The van der Waals surface area contributed by atoms with Crippen LogP contribution in [0.5, 0.6) is 0 Å². The summed E-state index contributed by atoms with van der Waals surface area (Å²) < 4.78 is 3.29. The normalized spacial score (nSPS) is 9.08. The minimum atomic E-state index is 0. The van der Waals surface area contributed by atoms with Gasteiger partial charge in [0.15, 0.2) is 5.65 Å². The minimum Gasteiger partial charge on any atom is -0.338 e. The van der Waals surface area contributed by atoms with Crippen molar-refractivity contribution in [3.8, 4) is 0 Å². The summed E-state index contributed by atoms with van der Waals surface area (Å²) in [5.41, 5.74) is 1.90. The molecule has 0 saturated carbocycles. The first kappa shape index (κ1) is 11.1. The maximum Gasteiger partial charge on any atom is 0.154 e. The molecule has 0 amide bonds. The van der Waals surface area contributed by atoms with E-state index in [-0.39, 0.29) is 24.8 Å². The smallest absolute Gasteiger partial charge is 0.154 e. The van der Waals surface area contributed by atoms with Crippen LogP contribution in [0.4, 0.5) is 0 Å². The Labute approximate surface area is 82.1 Å². The van der Waals surface area contributed by atoms with Gasteiger partial charge in [0.2, 0.25) is 0 Å². The van der Waals surface area contributed by atoms with Crippen LogP contribution in [0, 0.1) is 6.92 Å². The third kappa shape index (κ3) is 1.49. The van der Waals surface area contributed by atoms with Crippen molar-refractivity contribution in [1.29, 1.82) is 0 Å². The molecule has 2 aromatic rings. The lowest BCUT2D eigenvalue weighted by molar-refractivity contribution is 0.935. The summed E-state index contributed by atoms with van der Waals surface area (Å²) in [6, 6.07) is 1.93. The summed E-state index contributed by atoms with van der Waals surface area (Å²) in [4.78, 5) is 0. The molecule has 0 unspecified atom stereocenters. The van der Waals surface area contributed by atoms with E-state index in [9.17, 15) is 0 Å². The number of hydrogen-bond donors (Lipinski definition) is 1. The summed E-state index contributed by atoms with van der Waals surface area (Å²) in [6.07, 6.45) is 3.59. The van der Waals surface area contributed by atoms with Crippen LogP contribution in [0.3, 0.4) is 0 Å². The highest BCUT2D eigenvalue weighted by atomic mass is 35.5. The third-order valence-electron chi connectivity index (χ3n) is 1.47. The first-order valence-electron chi connectivity index (χ1n) is 3.06. The average molecular weight is 209 g/mol. The molecule has 0 fully saturated rings. The molecule has 12 heavy (non-hydrogen) atoms. The lowest BCUT2D eigenvalue weighted by atomic mass is 10.5. The van der Waals surface area contributed by atoms with Gasteiger partial charge in [-0.1, -0.05) is 0 Å². The van der Waals surface area contributed by atoms with Crippen molar-refractivity contribution in [3.05, 3.63) is 24.2 Å². The first-order chi connectivity index (χ1) is 4.77. The predicted octanol–water partition coefficient (Wildman–Crippen LogP) is 1.00. The van der Waals surface area contributed by atoms with Crippen molar-refractivity contribution in [1.82, 2.24) is 14.3 Å². The second-order valence-electron chi connectivity index (χ2n) is 2.29. The number of halogens is 2. The van der Waals surface area contributed by atoms with E-state index in [4.69, 9.17) is 5.84 Å². The fourth-order valence-corrected chi connectivity index (χ4v) is 1.02. The number of imidazole rings is 1. The Morgan fingerprint density at radius 1 is 1.33 bits per heavy atom. The molecule has 0 spiro atoms. The van der Waals surface area contributed by atoms with Gasteiger partial charge in [-0.15, -0.1) is 24.8 Å². The van der Waals surface area contributed by atoms with E-state index in [1.807, 2.05) is 19.2 Å². The van der Waals surface area contributed by atoms with E-state index in [1.54, 1.807) is 15.4 Å². The Kier molecular flexibility index (Phi) is 3.42. The Morgan fingerprint density at radius 2 is 2.00 bits per heavy atom. The third-order valence-corrected chi connectivity index (χ3v) is 1.47. The number of fused-ring (bicyclic) bond motifs is 1. The molecule has 0 atom stereocenters. The number of hydrogen-bond acceptors (Lipinski definition) is 2. The number of aromatic nitrogens is 3. The van der Waals surface area contributed by atoms with Crippen molar-refractivity contribution in [2.24, 2.45) is 0 Å². The Hall–Kier alpha value is -0.870. The highest BCUT2D eigenvalue weighted by molar-refractivity contribution is 5.85. The zero-order valence-electron chi connectivity index (χ0n) is 6.47. The van der Waals surface area contributed by atoms with E-state index in [2.05, 4.69) is 5.10 Å². The van der Waals surface area contributed by atoms with Crippen molar-refractivity contribution < 1.29 is 0 Å². The number of aryl methyl sites for hydroxylation is 1. The monoisotopic (exact) mass is 208 g/mol. The van der Waals surface area contributed by atoms with Gasteiger partial charge in [0.1, 0.15) is 0 Å². The maximum absolute atomic E-state index is 5.55. The quantitative estimate of drug-likeness (QED) is 0.658. The molecule has 2 N–H and O–H groups in total. The van der Waals surface area contributed by atoms with E-state index in [0.29, 0.717) is 0 Å². The molecule has 0 aliphatic rings. The second kappa shape index (κ2) is 3.69. The molecule has 6 heteroatoms. The Balaban J connectivity index is 0.000000605. The fraction of sp³-hybridized carbons (Fsp3) is 0.167. The van der Waals surface area contributed by atoms with Gasteiger partial charge in [0, 0.05) is 18.5 Å². The van der Waals surface area contributed by atoms with Crippen molar-refractivity contribution in [2.45, 2.75) is 6.92 Å². The standard InChI is InChI=1S/C6H8N4.2ClH/c1-5-4-6-9(7)2-3-10(6)8-5;;/h2-4H,7H2,1H3;2*1H. The van der Waals surface area contributed by atoms with Gasteiger partial charge in [-0.2, -0.15) is 5.10 Å². The van der Waals surface area contributed by atoms with Crippen molar-refractivity contribution >= 4 is 30.5 Å². The van der Waals surface area contributed by atoms with Crippen LogP contribution in [0.2, 0.25) is 0 Å². The van der Waals surface area contributed by atoms with E-state index < -0.39 is 0 Å². The number of nitrogens with two attached hydrogens (primary N) is 1. The average Bonchev–Trinajstić information content (AvgIpc) is 2.35. The van der Waals surface area contributed by atoms with Gasteiger partial charge in [-0.05, 0) is 6.92 Å². The van der Waals surface area contributed by atoms with E-state index in [0.717, 1.165) is 11.3 Å². The molecule has 0 aliphatic heterocycles. The number of rotatable bonds is 0. The fourth-order valence-electron chi connectivity index (χ4n) is 1.02. The molecule has 0 aromatic carbocycles. The molecule has 2 aromatic heterocycles. The van der Waals surface area contributed by atoms with Crippen LogP contribution >= 0.6 is 24.8 Å². The number of nitrogens with zero attached hydrogens (tertiary/aromatic N) is 3. The van der Waals surface area contributed by atoms with Gasteiger partial charge < -0.3 is 5.84 Å². The molecule has 68 valence electrons. The second-order valence-corrected chi connectivity index (χ2v) is 2.29. The van der Waals surface area contributed by atoms with Gasteiger partial charge in [0.05, 0.1) is 5.69 Å². The summed E-state index contributed by atoms with van der Waals surface area (Å²) in [6.45, 7) is 1.94. The highest BCUT2D eigenvalue weighted by Crippen LogP contribution is 2.02. The molecular formula is C6H10Cl2N4. The molecule has 0 saturated heterocycles. The van der Waals surface area contributed by atoms with E-state index >= 15 is 0 Å². The largest absolute Gasteiger partial charge is 0.338 e. The van der Waals surface area contributed by atoms with Crippen LogP contribution < -0.4 is 5.84 Å². The SMILES string of the molecule is Cc1cc2n(N)ccn2n1.Cl.Cl. The van der Waals surface area contributed by atoms with Crippen molar-refractivity contribution in [2.75, 3.05) is 5.84 Å². The lowest BCUT2D eigenvalue weighted by Gasteiger charge is -1.86. The summed E-state index contributed by atoms with van der Waals surface area (Å²) in [7, 11) is 0. The lowest BCUT2D eigenvalue weighted by Crippen LogP contribution is -2.04. The van der Waals surface area contributed by atoms with Crippen molar-refractivity contribution in [3.63, 3.8) is 0 Å².